The summed E-state index contributed by atoms with van der Waals surface area (Å²) in [7, 11) is 0. The molecule has 1 heterocycles. The number of hydrogen-bond donors (Lipinski definition) is 4. The van der Waals surface area contributed by atoms with Crippen LogP contribution in [0.25, 0.3) is 0 Å². The SMILES string of the molecule is CCC1CCC(O)C(OC2C(N)CC(C)C(O)C2O)O1. The molecule has 0 amide bonds. The monoisotopic (exact) mass is 289 g/mol. The molecule has 6 nitrogen and oxygen atoms in total. The second-order valence-corrected chi connectivity index (χ2v) is 6.14. The first-order valence-electron chi connectivity index (χ1n) is 7.54. The molecule has 5 N–H and O–H groups in total. The van der Waals surface area contributed by atoms with E-state index in [0.717, 1.165) is 12.8 Å². The highest BCUT2D eigenvalue weighted by molar-refractivity contribution is 4.94. The molecule has 2 fully saturated rings. The Morgan fingerprint density at radius 1 is 1.20 bits per heavy atom. The van der Waals surface area contributed by atoms with E-state index in [1.807, 2.05) is 13.8 Å². The second-order valence-electron chi connectivity index (χ2n) is 6.14. The van der Waals surface area contributed by atoms with Gasteiger partial charge >= 0.3 is 0 Å². The summed E-state index contributed by atoms with van der Waals surface area (Å²) in [5.41, 5.74) is 6.02. The van der Waals surface area contributed by atoms with Gasteiger partial charge in [0.2, 0.25) is 0 Å². The van der Waals surface area contributed by atoms with Crippen molar-refractivity contribution < 1.29 is 24.8 Å². The Hall–Kier alpha value is -0.240. The van der Waals surface area contributed by atoms with E-state index >= 15 is 0 Å². The summed E-state index contributed by atoms with van der Waals surface area (Å²) in [6.07, 6.45) is -1.21. The van der Waals surface area contributed by atoms with Crippen LogP contribution in [-0.2, 0) is 9.47 Å². The Kier molecular flexibility index (Phi) is 5.39. The molecule has 8 atom stereocenters. The number of hydrogen-bond acceptors (Lipinski definition) is 6. The van der Waals surface area contributed by atoms with E-state index in [2.05, 4.69) is 0 Å². The minimum Gasteiger partial charge on any atom is -0.390 e. The first-order valence-corrected chi connectivity index (χ1v) is 7.54. The molecule has 2 rings (SSSR count). The van der Waals surface area contributed by atoms with Gasteiger partial charge in [0.25, 0.3) is 0 Å². The molecule has 2 aliphatic rings. The molecule has 1 aliphatic heterocycles. The zero-order chi connectivity index (χ0) is 14.9. The molecule has 0 spiro atoms. The maximum atomic E-state index is 10.1. The van der Waals surface area contributed by atoms with E-state index < -0.39 is 30.7 Å². The minimum atomic E-state index is -1.05. The lowest BCUT2D eigenvalue weighted by Crippen LogP contribution is -2.59. The summed E-state index contributed by atoms with van der Waals surface area (Å²) in [5, 5.41) is 30.0. The third kappa shape index (κ3) is 3.32. The topological polar surface area (TPSA) is 105 Å². The summed E-state index contributed by atoms with van der Waals surface area (Å²) in [6, 6.07) is -0.374. The zero-order valence-corrected chi connectivity index (χ0v) is 12.2. The summed E-state index contributed by atoms with van der Waals surface area (Å²) < 4.78 is 11.4. The molecule has 0 aromatic carbocycles. The van der Waals surface area contributed by atoms with Crippen molar-refractivity contribution in [1.29, 1.82) is 0 Å². The van der Waals surface area contributed by atoms with Gasteiger partial charge in [-0.05, 0) is 31.6 Å². The predicted octanol–water partition coefficient (Wildman–Crippen LogP) is -0.263. The minimum absolute atomic E-state index is 0.0594. The van der Waals surface area contributed by atoms with E-state index in [1.54, 1.807) is 0 Å². The van der Waals surface area contributed by atoms with E-state index in [1.165, 1.54) is 0 Å². The Morgan fingerprint density at radius 3 is 2.55 bits per heavy atom. The van der Waals surface area contributed by atoms with Crippen LogP contribution in [0.1, 0.15) is 39.5 Å². The van der Waals surface area contributed by atoms with Gasteiger partial charge in [-0.3, -0.25) is 0 Å². The summed E-state index contributed by atoms with van der Waals surface area (Å²) in [4.78, 5) is 0. The maximum absolute atomic E-state index is 10.1. The van der Waals surface area contributed by atoms with Crippen LogP contribution >= 0.6 is 0 Å². The Morgan fingerprint density at radius 2 is 1.90 bits per heavy atom. The van der Waals surface area contributed by atoms with Gasteiger partial charge in [0.05, 0.1) is 12.2 Å². The quantitative estimate of drug-likeness (QED) is 0.570. The third-order valence-electron chi connectivity index (χ3n) is 4.51. The zero-order valence-electron chi connectivity index (χ0n) is 12.2. The number of ether oxygens (including phenoxy) is 2. The third-order valence-corrected chi connectivity index (χ3v) is 4.51. The van der Waals surface area contributed by atoms with Crippen molar-refractivity contribution in [3.8, 4) is 0 Å². The van der Waals surface area contributed by atoms with Crippen molar-refractivity contribution in [3.05, 3.63) is 0 Å². The number of aliphatic hydroxyl groups is 3. The van der Waals surface area contributed by atoms with E-state index in [-0.39, 0.29) is 18.1 Å². The molecular weight excluding hydrogens is 262 g/mol. The maximum Gasteiger partial charge on any atom is 0.184 e. The lowest BCUT2D eigenvalue weighted by molar-refractivity contribution is -0.281. The predicted molar refractivity (Wildman–Crippen MR) is 72.8 cm³/mol. The average Bonchev–Trinajstić information content (AvgIpc) is 2.43. The standard InChI is InChI=1S/C14H27NO5/c1-3-8-4-5-10(16)14(19-8)20-13-9(15)6-7(2)11(17)12(13)18/h7-14,16-18H,3-6,15H2,1-2H3. The molecule has 0 aromatic heterocycles. The second kappa shape index (κ2) is 6.68. The molecule has 6 heteroatoms. The smallest absolute Gasteiger partial charge is 0.184 e. The summed E-state index contributed by atoms with van der Waals surface area (Å²) >= 11 is 0. The molecule has 1 aliphatic carbocycles. The van der Waals surface area contributed by atoms with Crippen molar-refractivity contribution in [2.24, 2.45) is 11.7 Å². The Bertz CT molecular complexity index is 316. The molecule has 8 unspecified atom stereocenters. The van der Waals surface area contributed by atoms with Gasteiger partial charge in [0.15, 0.2) is 6.29 Å². The van der Waals surface area contributed by atoms with Crippen LogP contribution in [0.3, 0.4) is 0 Å². The molecule has 0 radical (unpaired) electrons. The molecule has 0 bridgehead atoms. The molecular formula is C14H27NO5. The highest BCUT2D eigenvalue weighted by Crippen LogP contribution is 2.30. The molecule has 0 aromatic rings. The summed E-state index contributed by atoms with van der Waals surface area (Å²) in [5.74, 6) is -0.0690. The van der Waals surface area contributed by atoms with Gasteiger partial charge in [0.1, 0.15) is 18.3 Å². The van der Waals surface area contributed by atoms with Gasteiger partial charge in [-0.2, -0.15) is 0 Å². The van der Waals surface area contributed by atoms with Crippen LogP contribution < -0.4 is 5.73 Å². The number of rotatable bonds is 3. The first-order chi connectivity index (χ1) is 9.43. The fraction of sp³-hybridized carbons (Fsp3) is 1.00. The average molecular weight is 289 g/mol. The molecule has 1 saturated heterocycles. The van der Waals surface area contributed by atoms with E-state index in [4.69, 9.17) is 15.2 Å². The fourth-order valence-electron chi connectivity index (χ4n) is 3.09. The van der Waals surface area contributed by atoms with Gasteiger partial charge in [-0.15, -0.1) is 0 Å². The highest BCUT2D eigenvalue weighted by Gasteiger charge is 2.43. The van der Waals surface area contributed by atoms with Crippen LogP contribution in [-0.4, -0.2) is 58.2 Å². The normalized spacial score (nSPS) is 50.1. The van der Waals surface area contributed by atoms with Gasteiger partial charge < -0.3 is 30.5 Å². The van der Waals surface area contributed by atoms with Crippen LogP contribution in [0.5, 0.6) is 0 Å². The van der Waals surface area contributed by atoms with Crippen molar-refractivity contribution in [2.45, 2.75) is 82.4 Å². The largest absolute Gasteiger partial charge is 0.390 e. The highest BCUT2D eigenvalue weighted by atomic mass is 16.7. The Balaban J connectivity index is 2.00. The van der Waals surface area contributed by atoms with E-state index in [9.17, 15) is 15.3 Å². The van der Waals surface area contributed by atoms with Crippen LogP contribution in [0.15, 0.2) is 0 Å². The fourth-order valence-corrected chi connectivity index (χ4v) is 3.09. The molecule has 1 saturated carbocycles. The summed E-state index contributed by atoms with van der Waals surface area (Å²) in [6.45, 7) is 3.87. The Labute approximate surface area is 119 Å². The lowest BCUT2D eigenvalue weighted by atomic mass is 9.81. The van der Waals surface area contributed by atoms with Crippen molar-refractivity contribution in [2.75, 3.05) is 0 Å². The van der Waals surface area contributed by atoms with Crippen LogP contribution in [0, 0.1) is 5.92 Å². The lowest BCUT2D eigenvalue weighted by Gasteiger charge is -2.43. The number of aliphatic hydroxyl groups excluding tert-OH is 3. The van der Waals surface area contributed by atoms with Gasteiger partial charge in [-0.1, -0.05) is 13.8 Å². The van der Waals surface area contributed by atoms with E-state index in [0.29, 0.717) is 12.8 Å². The van der Waals surface area contributed by atoms with Crippen LogP contribution in [0.2, 0.25) is 0 Å². The van der Waals surface area contributed by atoms with Gasteiger partial charge in [0, 0.05) is 6.04 Å². The van der Waals surface area contributed by atoms with Crippen molar-refractivity contribution in [1.82, 2.24) is 0 Å². The van der Waals surface area contributed by atoms with Gasteiger partial charge in [-0.25, -0.2) is 0 Å². The van der Waals surface area contributed by atoms with Crippen LogP contribution in [0.4, 0.5) is 0 Å². The first kappa shape index (κ1) is 16.1. The molecule has 118 valence electrons. The number of nitrogens with two attached hydrogens (primary N) is 1. The van der Waals surface area contributed by atoms with Crippen molar-refractivity contribution >= 4 is 0 Å². The molecule has 20 heavy (non-hydrogen) atoms. The van der Waals surface area contributed by atoms with Crippen molar-refractivity contribution in [3.63, 3.8) is 0 Å².